The smallest absolute Gasteiger partial charge is 0.325 e. The van der Waals surface area contributed by atoms with Crippen molar-refractivity contribution < 1.29 is 22.8 Å². The summed E-state index contributed by atoms with van der Waals surface area (Å²) in [4.78, 5) is 42.8. The van der Waals surface area contributed by atoms with Crippen LogP contribution in [0.15, 0.2) is 30.3 Å². The van der Waals surface area contributed by atoms with E-state index in [0.717, 1.165) is 30.6 Å². The van der Waals surface area contributed by atoms with Gasteiger partial charge in [0, 0.05) is 12.1 Å². The Balaban J connectivity index is 1.59. The molecule has 0 bridgehead atoms. The highest BCUT2D eigenvalue weighted by atomic mass is 32.2. The molecule has 2 unspecified atom stereocenters. The van der Waals surface area contributed by atoms with E-state index in [-0.39, 0.29) is 42.0 Å². The van der Waals surface area contributed by atoms with Gasteiger partial charge in [0.2, 0.25) is 5.91 Å². The molecule has 4 rings (SSSR count). The Morgan fingerprint density at radius 1 is 1.12 bits per heavy atom. The van der Waals surface area contributed by atoms with Gasteiger partial charge >= 0.3 is 6.03 Å². The van der Waals surface area contributed by atoms with Crippen LogP contribution in [0.1, 0.15) is 57.9 Å². The molecule has 0 radical (unpaired) electrons. The van der Waals surface area contributed by atoms with Crippen LogP contribution in [0.5, 0.6) is 0 Å². The summed E-state index contributed by atoms with van der Waals surface area (Å²) in [6.07, 6.45) is 4.45. The maximum Gasteiger partial charge on any atom is 0.325 e. The molecule has 1 aromatic rings. The van der Waals surface area contributed by atoms with Gasteiger partial charge in [-0.3, -0.25) is 14.5 Å². The largest absolute Gasteiger partial charge is 0.334 e. The molecule has 0 spiro atoms. The second-order valence-corrected chi connectivity index (χ2v) is 12.2. The summed E-state index contributed by atoms with van der Waals surface area (Å²) in [7, 11) is -3.17. The van der Waals surface area contributed by atoms with Gasteiger partial charge in [-0.1, -0.05) is 57.0 Å². The molecule has 3 fully saturated rings. The van der Waals surface area contributed by atoms with E-state index in [1.54, 1.807) is 4.90 Å². The molecule has 4 amide bonds. The number of imide groups is 1. The van der Waals surface area contributed by atoms with Crippen LogP contribution in [0.4, 0.5) is 4.79 Å². The third-order valence-electron chi connectivity index (χ3n) is 7.06. The van der Waals surface area contributed by atoms with Gasteiger partial charge in [-0.25, -0.2) is 13.2 Å². The normalized spacial score (nSPS) is 27.4. The zero-order valence-electron chi connectivity index (χ0n) is 19.3. The van der Waals surface area contributed by atoms with Gasteiger partial charge in [0.15, 0.2) is 9.84 Å². The number of carbonyl (C=O) groups excluding carboxylic acids is 3. The molecule has 1 aromatic carbocycles. The number of amides is 4. The molecule has 33 heavy (non-hydrogen) atoms. The van der Waals surface area contributed by atoms with Crippen molar-refractivity contribution in [3.63, 3.8) is 0 Å². The first-order chi connectivity index (χ1) is 15.6. The van der Waals surface area contributed by atoms with Crippen molar-refractivity contribution in [1.29, 1.82) is 0 Å². The van der Waals surface area contributed by atoms with Crippen LogP contribution in [0.25, 0.3) is 0 Å². The molecule has 2 saturated heterocycles. The zero-order valence-corrected chi connectivity index (χ0v) is 20.1. The molecule has 2 atom stereocenters. The number of hydrogen-bond donors (Lipinski definition) is 1. The molecule has 2 aliphatic heterocycles. The number of hydrogen-bond acceptors (Lipinski definition) is 5. The molecule has 180 valence electrons. The van der Waals surface area contributed by atoms with Gasteiger partial charge in [-0.15, -0.1) is 0 Å². The Kier molecular flexibility index (Phi) is 6.53. The number of nitrogens with one attached hydrogen (secondary N) is 1. The molecular weight excluding hydrogens is 442 g/mol. The first-order valence-electron chi connectivity index (χ1n) is 11.8. The molecule has 8 nitrogen and oxygen atoms in total. The van der Waals surface area contributed by atoms with Crippen molar-refractivity contribution in [1.82, 2.24) is 15.1 Å². The van der Waals surface area contributed by atoms with Crippen molar-refractivity contribution in [2.45, 2.75) is 70.0 Å². The number of rotatable bonds is 7. The van der Waals surface area contributed by atoms with Crippen molar-refractivity contribution in [3.8, 4) is 0 Å². The van der Waals surface area contributed by atoms with E-state index in [1.807, 2.05) is 44.2 Å². The SMILES string of the molecule is CC(C)CC1(c2ccccc2)NC(=O)N(CC(=O)N(C2CCCC2)C2CCS(=O)(=O)C2)C1=O. The minimum atomic E-state index is -3.17. The zero-order chi connectivity index (χ0) is 23.8. The van der Waals surface area contributed by atoms with Gasteiger partial charge in [-0.2, -0.15) is 0 Å². The highest BCUT2D eigenvalue weighted by Crippen LogP contribution is 2.36. The van der Waals surface area contributed by atoms with Gasteiger partial charge in [-0.05, 0) is 37.2 Å². The Hall–Kier alpha value is -2.42. The summed E-state index contributed by atoms with van der Waals surface area (Å²) in [5.41, 5.74) is -0.511. The fourth-order valence-electron chi connectivity index (χ4n) is 5.66. The maximum atomic E-state index is 13.7. The molecule has 3 aliphatic rings. The Morgan fingerprint density at radius 2 is 1.79 bits per heavy atom. The van der Waals surface area contributed by atoms with Crippen LogP contribution >= 0.6 is 0 Å². The lowest BCUT2D eigenvalue weighted by molar-refractivity contribution is -0.142. The lowest BCUT2D eigenvalue weighted by Crippen LogP contribution is -2.52. The van der Waals surface area contributed by atoms with Crippen LogP contribution in [0.2, 0.25) is 0 Å². The van der Waals surface area contributed by atoms with Gasteiger partial charge < -0.3 is 10.2 Å². The molecule has 9 heteroatoms. The van der Waals surface area contributed by atoms with Crippen LogP contribution in [-0.4, -0.2) is 66.2 Å². The topological polar surface area (TPSA) is 104 Å². The minimum Gasteiger partial charge on any atom is -0.334 e. The van der Waals surface area contributed by atoms with E-state index in [4.69, 9.17) is 0 Å². The summed E-state index contributed by atoms with van der Waals surface area (Å²) in [5, 5.41) is 2.88. The standard InChI is InChI=1S/C24H33N3O5S/c1-17(2)14-24(18-8-4-3-5-9-18)22(29)26(23(30)25-24)15-21(28)27(19-10-6-7-11-19)20-12-13-33(31,32)16-20/h3-5,8-9,17,19-20H,6-7,10-16H2,1-2H3,(H,25,30). The Bertz CT molecular complexity index is 1020. The quantitative estimate of drug-likeness (QED) is 0.610. The highest BCUT2D eigenvalue weighted by molar-refractivity contribution is 7.91. The van der Waals surface area contributed by atoms with E-state index < -0.39 is 27.3 Å². The summed E-state index contributed by atoms with van der Waals surface area (Å²) in [6.45, 7) is 3.60. The number of carbonyl (C=O) groups is 3. The maximum absolute atomic E-state index is 13.7. The van der Waals surface area contributed by atoms with Crippen LogP contribution in [0, 0.1) is 5.92 Å². The fourth-order valence-corrected chi connectivity index (χ4v) is 7.37. The second kappa shape index (κ2) is 9.08. The molecular formula is C24H33N3O5S. The van der Waals surface area contributed by atoms with Crippen LogP contribution < -0.4 is 5.32 Å². The van der Waals surface area contributed by atoms with Crippen molar-refractivity contribution >= 4 is 27.7 Å². The average molecular weight is 476 g/mol. The number of urea groups is 1. The molecule has 1 saturated carbocycles. The Morgan fingerprint density at radius 3 is 2.36 bits per heavy atom. The van der Waals surface area contributed by atoms with E-state index >= 15 is 0 Å². The third-order valence-corrected chi connectivity index (χ3v) is 8.81. The summed E-state index contributed by atoms with van der Waals surface area (Å²) in [6, 6.07) is 8.14. The van der Waals surface area contributed by atoms with E-state index in [0.29, 0.717) is 18.4 Å². The van der Waals surface area contributed by atoms with Gasteiger partial charge in [0.05, 0.1) is 11.5 Å². The first kappa shape index (κ1) is 23.7. The lowest BCUT2D eigenvalue weighted by atomic mass is 9.82. The van der Waals surface area contributed by atoms with Crippen molar-refractivity contribution in [2.75, 3.05) is 18.1 Å². The Labute approximate surface area is 195 Å². The summed E-state index contributed by atoms with van der Waals surface area (Å²) >= 11 is 0. The molecule has 1 aliphatic carbocycles. The fraction of sp³-hybridized carbons (Fsp3) is 0.625. The van der Waals surface area contributed by atoms with Crippen LogP contribution in [-0.2, 0) is 25.0 Å². The van der Waals surface area contributed by atoms with Crippen molar-refractivity contribution in [3.05, 3.63) is 35.9 Å². The number of nitrogens with zero attached hydrogens (tertiary/aromatic N) is 2. The average Bonchev–Trinajstić information content (AvgIpc) is 3.45. The first-order valence-corrected chi connectivity index (χ1v) is 13.7. The summed E-state index contributed by atoms with van der Waals surface area (Å²) in [5.74, 6) is -0.615. The third kappa shape index (κ3) is 4.65. The second-order valence-electron chi connectivity index (χ2n) is 9.99. The lowest BCUT2D eigenvalue weighted by Gasteiger charge is -2.35. The van der Waals surface area contributed by atoms with E-state index in [1.165, 1.54) is 0 Å². The molecule has 1 N–H and O–H groups in total. The predicted octanol–water partition coefficient (Wildman–Crippen LogP) is 2.44. The number of sulfone groups is 1. The predicted molar refractivity (Wildman–Crippen MR) is 124 cm³/mol. The van der Waals surface area contributed by atoms with E-state index in [9.17, 15) is 22.8 Å². The minimum absolute atomic E-state index is 0.0360. The van der Waals surface area contributed by atoms with E-state index in [2.05, 4.69) is 5.32 Å². The van der Waals surface area contributed by atoms with Gasteiger partial charge in [0.25, 0.3) is 5.91 Å². The molecule has 2 heterocycles. The van der Waals surface area contributed by atoms with Crippen LogP contribution in [0.3, 0.4) is 0 Å². The van der Waals surface area contributed by atoms with Crippen molar-refractivity contribution in [2.24, 2.45) is 5.92 Å². The highest BCUT2D eigenvalue weighted by Gasteiger charge is 2.53. The monoisotopic (exact) mass is 475 g/mol. The van der Waals surface area contributed by atoms with Gasteiger partial charge in [0.1, 0.15) is 12.1 Å². The number of benzene rings is 1. The molecule has 0 aromatic heterocycles. The summed E-state index contributed by atoms with van der Waals surface area (Å²) < 4.78 is 24.2.